The predicted molar refractivity (Wildman–Crippen MR) is 45.9 cm³/mol. The van der Waals surface area contributed by atoms with Crippen molar-refractivity contribution in [2.24, 2.45) is 0 Å². The molecule has 0 spiro atoms. The molecule has 0 amide bonds. The molecule has 0 radical (unpaired) electrons. The van der Waals surface area contributed by atoms with Crippen molar-refractivity contribution in [3.63, 3.8) is 0 Å². The van der Waals surface area contributed by atoms with Crippen LogP contribution in [-0.4, -0.2) is 5.88 Å². The van der Waals surface area contributed by atoms with E-state index < -0.39 is 0 Å². The largest absolute Gasteiger partial charge is 0.127 e. The zero-order valence-electron chi connectivity index (χ0n) is 5.29. The van der Waals surface area contributed by atoms with Crippen molar-refractivity contribution >= 4 is 27.5 Å². The first-order valence-corrected chi connectivity index (χ1v) is 4.39. The fraction of sp³-hybridized carbons (Fsp3) is 0.714. The lowest BCUT2D eigenvalue weighted by molar-refractivity contribution is 0.741. The van der Waals surface area contributed by atoms with Crippen LogP contribution in [0.25, 0.3) is 0 Å². The van der Waals surface area contributed by atoms with Gasteiger partial charge in [0.05, 0.1) is 0 Å². The van der Waals surface area contributed by atoms with E-state index in [1.807, 2.05) is 0 Å². The van der Waals surface area contributed by atoms with Crippen LogP contribution in [0, 0.1) is 10.8 Å². The Balaban J connectivity index is 2.80. The molecule has 0 saturated heterocycles. The van der Waals surface area contributed by atoms with Gasteiger partial charge in [0.2, 0.25) is 0 Å². The summed E-state index contributed by atoms with van der Waals surface area (Å²) >= 11 is 8.50. The van der Waals surface area contributed by atoms with Crippen LogP contribution in [0.3, 0.4) is 0 Å². The lowest BCUT2D eigenvalue weighted by Gasteiger charge is -1.89. The van der Waals surface area contributed by atoms with Crippen molar-refractivity contribution in [3.05, 3.63) is 0 Å². The predicted octanol–water partition coefficient (Wildman–Crippen LogP) is 3.14. The molecule has 0 heterocycles. The molecule has 9 heavy (non-hydrogen) atoms. The van der Waals surface area contributed by atoms with Crippen molar-refractivity contribution in [1.29, 1.82) is 0 Å². The van der Waals surface area contributed by atoms with E-state index in [4.69, 9.17) is 11.6 Å². The van der Waals surface area contributed by atoms with E-state index in [1.165, 1.54) is 12.8 Å². The molecule has 0 bridgehead atoms. The molecule has 2 heteroatoms. The maximum absolute atomic E-state index is 5.47. The molecule has 0 aromatic carbocycles. The topological polar surface area (TPSA) is 0 Å². The Kier molecular flexibility index (Phi) is 8.64. The summed E-state index contributed by atoms with van der Waals surface area (Å²) in [6.45, 7) is 0. The maximum Gasteiger partial charge on any atom is 0.0223 e. The molecule has 0 atom stereocenters. The smallest absolute Gasteiger partial charge is 0.0223 e. The lowest BCUT2D eigenvalue weighted by atomic mass is 10.2. The molecule has 0 aliphatic heterocycles. The normalized spacial score (nSPS) is 8.22. The van der Waals surface area contributed by atoms with E-state index in [-0.39, 0.29) is 0 Å². The Morgan fingerprint density at radius 3 is 2.56 bits per heavy atom. The summed E-state index contributed by atoms with van der Waals surface area (Å²) in [5, 5.41) is 0. The molecule has 0 N–H and O–H groups in total. The molecule has 0 fully saturated rings. The van der Waals surface area contributed by atoms with Crippen molar-refractivity contribution in [2.75, 3.05) is 5.88 Å². The SMILES string of the molecule is ClCCCCCC#CBr. The van der Waals surface area contributed by atoms with Crippen LogP contribution in [0.4, 0.5) is 0 Å². The van der Waals surface area contributed by atoms with E-state index in [0.717, 1.165) is 18.7 Å². The van der Waals surface area contributed by atoms with Crippen LogP contribution >= 0.6 is 27.5 Å². The molecular weight excluding hydrogens is 199 g/mol. The first kappa shape index (κ1) is 9.33. The van der Waals surface area contributed by atoms with Crippen LogP contribution < -0.4 is 0 Å². The highest BCUT2D eigenvalue weighted by Crippen LogP contribution is 1.99. The zero-order chi connectivity index (χ0) is 6.95. The Bertz CT molecular complexity index is 101. The second-order valence-corrected chi connectivity index (χ2v) is 2.55. The summed E-state index contributed by atoms with van der Waals surface area (Å²) < 4.78 is 0. The molecule has 0 nitrogen and oxygen atoms in total. The molecule has 0 aliphatic carbocycles. The first-order valence-electron chi connectivity index (χ1n) is 3.06. The van der Waals surface area contributed by atoms with E-state index in [1.54, 1.807) is 0 Å². The highest BCUT2D eigenvalue weighted by Gasteiger charge is 1.83. The number of hydrogen-bond donors (Lipinski definition) is 0. The molecule has 52 valence electrons. The number of unbranched alkanes of at least 4 members (excludes halogenated alkanes) is 3. The van der Waals surface area contributed by atoms with Gasteiger partial charge < -0.3 is 0 Å². The first-order chi connectivity index (χ1) is 4.41. The minimum absolute atomic E-state index is 0.780. The second-order valence-electron chi connectivity index (χ2n) is 1.77. The molecule has 0 rings (SSSR count). The lowest BCUT2D eigenvalue weighted by Crippen LogP contribution is -1.75. The van der Waals surface area contributed by atoms with Gasteiger partial charge in [-0.1, -0.05) is 12.3 Å². The summed E-state index contributed by atoms with van der Waals surface area (Å²) in [7, 11) is 0. The van der Waals surface area contributed by atoms with Crippen molar-refractivity contribution < 1.29 is 0 Å². The summed E-state index contributed by atoms with van der Waals surface area (Å²) in [5.41, 5.74) is 0. The molecule has 0 saturated carbocycles. The molecule has 0 unspecified atom stereocenters. The van der Waals surface area contributed by atoms with Gasteiger partial charge in [0, 0.05) is 28.2 Å². The van der Waals surface area contributed by atoms with Gasteiger partial charge in [-0.25, -0.2) is 0 Å². The summed E-state index contributed by atoms with van der Waals surface area (Å²) in [5.74, 6) is 3.71. The average molecular weight is 210 g/mol. The zero-order valence-corrected chi connectivity index (χ0v) is 7.63. The van der Waals surface area contributed by atoms with Crippen molar-refractivity contribution in [2.45, 2.75) is 25.7 Å². The van der Waals surface area contributed by atoms with Gasteiger partial charge in [-0.05, 0) is 17.7 Å². The monoisotopic (exact) mass is 208 g/mol. The van der Waals surface area contributed by atoms with Crippen LogP contribution in [0.5, 0.6) is 0 Å². The standard InChI is InChI=1S/C7H10BrCl/c8-6-4-2-1-3-5-7-9/h1-3,5,7H2. The third kappa shape index (κ3) is 8.33. The van der Waals surface area contributed by atoms with Gasteiger partial charge in [0.1, 0.15) is 0 Å². The number of alkyl halides is 1. The van der Waals surface area contributed by atoms with Crippen LogP contribution in [0.15, 0.2) is 0 Å². The van der Waals surface area contributed by atoms with Crippen LogP contribution in [-0.2, 0) is 0 Å². The fourth-order valence-electron chi connectivity index (χ4n) is 0.532. The Hall–Kier alpha value is 0.330. The van der Waals surface area contributed by atoms with E-state index >= 15 is 0 Å². The molecule has 0 aromatic heterocycles. The van der Waals surface area contributed by atoms with E-state index in [2.05, 4.69) is 26.7 Å². The van der Waals surface area contributed by atoms with Gasteiger partial charge in [-0.3, -0.25) is 0 Å². The average Bonchev–Trinajstić information content (AvgIpc) is 1.89. The van der Waals surface area contributed by atoms with Gasteiger partial charge in [0.25, 0.3) is 0 Å². The van der Waals surface area contributed by atoms with Gasteiger partial charge >= 0.3 is 0 Å². The number of rotatable bonds is 4. The van der Waals surface area contributed by atoms with E-state index in [0.29, 0.717) is 0 Å². The van der Waals surface area contributed by atoms with Gasteiger partial charge in [-0.15, -0.1) is 11.6 Å². The summed E-state index contributed by atoms with van der Waals surface area (Å²) in [6.07, 6.45) is 4.48. The Morgan fingerprint density at radius 1 is 1.22 bits per heavy atom. The quantitative estimate of drug-likeness (QED) is 0.379. The van der Waals surface area contributed by atoms with Crippen LogP contribution in [0.1, 0.15) is 25.7 Å². The van der Waals surface area contributed by atoms with Gasteiger partial charge in [0.15, 0.2) is 0 Å². The second kappa shape index (κ2) is 8.33. The van der Waals surface area contributed by atoms with Crippen LogP contribution in [0.2, 0.25) is 0 Å². The maximum atomic E-state index is 5.47. The van der Waals surface area contributed by atoms with Gasteiger partial charge in [-0.2, -0.15) is 0 Å². The third-order valence-corrected chi connectivity index (χ3v) is 1.55. The molecular formula is C7H10BrCl. The third-order valence-electron chi connectivity index (χ3n) is 1.00. The number of halogens is 2. The minimum Gasteiger partial charge on any atom is -0.127 e. The molecule has 0 aliphatic rings. The van der Waals surface area contributed by atoms with Crippen molar-refractivity contribution in [3.8, 4) is 10.8 Å². The highest BCUT2D eigenvalue weighted by molar-refractivity contribution is 9.12. The van der Waals surface area contributed by atoms with E-state index in [9.17, 15) is 0 Å². The Morgan fingerprint density at radius 2 is 2.00 bits per heavy atom. The minimum atomic E-state index is 0.780. The summed E-state index contributed by atoms with van der Waals surface area (Å²) in [4.78, 5) is 2.67. The summed E-state index contributed by atoms with van der Waals surface area (Å²) in [6, 6.07) is 0. The molecule has 0 aromatic rings. The fourth-order valence-corrected chi connectivity index (χ4v) is 0.919. The highest BCUT2D eigenvalue weighted by atomic mass is 79.9. The van der Waals surface area contributed by atoms with Crippen molar-refractivity contribution in [1.82, 2.24) is 0 Å². The number of hydrogen-bond acceptors (Lipinski definition) is 0. The Labute approximate surface area is 70.1 Å².